The zero-order valence-corrected chi connectivity index (χ0v) is 14.1. The highest BCUT2D eigenvalue weighted by molar-refractivity contribution is 5.89. The molecule has 2 atom stereocenters. The summed E-state index contributed by atoms with van der Waals surface area (Å²) in [6.07, 6.45) is 8.55. The fourth-order valence-electron chi connectivity index (χ4n) is 3.70. The number of ether oxygens (including phenoxy) is 1. The number of esters is 1. The topological polar surface area (TPSA) is 32.8 Å². The maximum Gasteiger partial charge on any atom is 0.337 e. The van der Waals surface area contributed by atoms with Crippen molar-refractivity contribution in [3.63, 3.8) is 0 Å². The van der Waals surface area contributed by atoms with Crippen LogP contribution in [-0.2, 0) is 4.74 Å². The van der Waals surface area contributed by atoms with Gasteiger partial charge in [-0.25, -0.2) is 4.79 Å². The van der Waals surface area contributed by atoms with Gasteiger partial charge in [-0.05, 0) is 50.5 Å². The van der Waals surface area contributed by atoms with Crippen molar-refractivity contribution >= 4 is 11.7 Å². The zero-order valence-electron chi connectivity index (χ0n) is 14.1. The lowest BCUT2D eigenvalue weighted by atomic mass is 9.98. The predicted octanol–water partition coefficient (Wildman–Crippen LogP) is 3.09. The van der Waals surface area contributed by atoms with Crippen molar-refractivity contribution < 1.29 is 9.53 Å². The van der Waals surface area contributed by atoms with Gasteiger partial charge in [0.25, 0.3) is 0 Å². The van der Waals surface area contributed by atoms with Crippen LogP contribution in [0.2, 0.25) is 0 Å². The second-order valence-corrected chi connectivity index (χ2v) is 6.50. The average Bonchev–Trinajstić information content (AvgIpc) is 2.62. The first-order valence-corrected chi connectivity index (χ1v) is 8.55. The minimum Gasteiger partial charge on any atom is -0.465 e. The first-order valence-electron chi connectivity index (χ1n) is 8.55. The van der Waals surface area contributed by atoms with Crippen molar-refractivity contribution in [3.05, 3.63) is 42.0 Å². The van der Waals surface area contributed by atoms with E-state index in [-0.39, 0.29) is 5.97 Å². The summed E-state index contributed by atoms with van der Waals surface area (Å²) < 4.78 is 4.75. The predicted molar refractivity (Wildman–Crippen MR) is 92.9 cm³/mol. The summed E-state index contributed by atoms with van der Waals surface area (Å²) in [5.41, 5.74) is 1.79. The van der Waals surface area contributed by atoms with E-state index in [4.69, 9.17) is 4.74 Å². The van der Waals surface area contributed by atoms with Crippen LogP contribution in [0.3, 0.4) is 0 Å². The first kappa shape index (κ1) is 16.1. The molecule has 0 saturated carbocycles. The maximum absolute atomic E-state index is 11.5. The van der Waals surface area contributed by atoms with E-state index in [1.165, 1.54) is 32.1 Å². The summed E-state index contributed by atoms with van der Waals surface area (Å²) in [6, 6.07) is 8.90. The Morgan fingerprint density at radius 1 is 1.22 bits per heavy atom. The van der Waals surface area contributed by atoms with Crippen LogP contribution < -0.4 is 4.90 Å². The molecule has 4 nitrogen and oxygen atoms in total. The van der Waals surface area contributed by atoms with E-state index in [2.05, 4.69) is 28.9 Å². The van der Waals surface area contributed by atoms with Gasteiger partial charge in [0.2, 0.25) is 0 Å². The van der Waals surface area contributed by atoms with Gasteiger partial charge in [0.15, 0.2) is 0 Å². The van der Waals surface area contributed by atoms with Crippen molar-refractivity contribution in [1.82, 2.24) is 4.90 Å². The van der Waals surface area contributed by atoms with Gasteiger partial charge < -0.3 is 9.64 Å². The molecular formula is C19H26N2O2. The van der Waals surface area contributed by atoms with Crippen LogP contribution >= 0.6 is 0 Å². The number of carbonyl (C=O) groups is 1. The molecule has 3 rings (SSSR count). The molecule has 4 heteroatoms. The second-order valence-electron chi connectivity index (χ2n) is 6.50. The molecule has 124 valence electrons. The van der Waals surface area contributed by atoms with E-state index < -0.39 is 0 Å². The highest BCUT2D eigenvalue weighted by Crippen LogP contribution is 2.24. The third kappa shape index (κ3) is 3.58. The molecule has 0 bridgehead atoms. The molecule has 1 heterocycles. The Kier molecular flexibility index (Phi) is 5.01. The van der Waals surface area contributed by atoms with Crippen molar-refractivity contribution in [3.8, 4) is 0 Å². The maximum atomic E-state index is 11.5. The van der Waals surface area contributed by atoms with Crippen LogP contribution in [0.5, 0.6) is 0 Å². The van der Waals surface area contributed by atoms with Crippen LogP contribution in [0.15, 0.2) is 36.4 Å². The summed E-state index contributed by atoms with van der Waals surface area (Å²) in [4.78, 5) is 16.6. The molecule has 1 aromatic carbocycles. The van der Waals surface area contributed by atoms with Gasteiger partial charge in [-0.2, -0.15) is 0 Å². The van der Waals surface area contributed by atoms with E-state index >= 15 is 0 Å². The number of anilines is 1. The molecule has 0 radical (unpaired) electrons. The molecule has 1 aromatic rings. The van der Waals surface area contributed by atoms with Gasteiger partial charge >= 0.3 is 5.97 Å². The fourth-order valence-corrected chi connectivity index (χ4v) is 3.70. The standard InChI is InChI=1S/C19H26N2O2/c1-15-14-20(12-13-21(15)18-6-4-3-5-7-18)17-10-8-16(9-11-17)19(22)23-2/h4,6,8-11,15,18H,3,5,7,12-14H2,1-2H3. The number of nitrogens with zero attached hydrogens (tertiary/aromatic N) is 2. The summed E-state index contributed by atoms with van der Waals surface area (Å²) in [5.74, 6) is -0.279. The van der Waals surface area contributed by atoms with E-state index in [1.54, 1.807) is 0 Å². The minimum atomic E-state index is -0.279. The van der Waals surface area contributed by atoms with Crippen LogP contribution in [0, 0.1) is 0 Å². The van der Waals surface area contributed by atoms with Crippen LogP contribution in [0.1, 0.15) is 36.5 Å². The Morgan fingerprint density at radius 2 is 2.00 bits per heavy atom. The van der Waals surface area contributed by atoms with Gasteiger partial charge in [-0.1, -0.05) is 12.2 Å². The smallest absolute Gasteiger partial charge is 0.337 e. The molecule has 0 N–H and O–H groups in total. The van der Waals surface area contributed by atoms with E-state index in [9.17, 15) is 4.79 Å². The molecule has 1 fully saturated rings. The Balaban J connectivity index is 1.64. The lowest BCUT2D eigenvalue weighted by molar-refractivity contribution is 0.0600. The quantitative estimate of drug-likeness (QED) is 0.634. The summed E-state index contributed by atoms with van der Waals surface area (Å²) in [6.45, 7) is 5.47. The number of hydrogen-bond acceptors (Lipinski definition) is 4. The lowest BCUT2D eigenvalue weighted by Gasteiger charge is -2.44. The van der Waals surface area contributed by atoms with Gasteiger partial charge in [0.1, 0.15) is 0 Å². The molecule has 1 aliphatic carbocycles. The number of allylic oxidation sites excluding steroid dienone is 1. The molecule has 1 aliphatic heterocycles. The highest BCUT2D eigenvalue weighted by Gasteiger charge is 2.28. The van der Waals surface area contributed by atoms with Gasteiger partial charge in [0, 0.05) is 37.4 Å². The van der Waals surface area contributed by atoms with Crippen molar-refractivity contribution in [2.24, 2.45) is 0 Å². The molecule has 0 spiro atoms. The van der Waals surface area contributed by atoms with Crippen molar-refractivity contribution in [2.45, 2.75) is 38.3 Å². The molecule has 2 aliphatic rings. The Hall–Kier alpha value is -1.81. The van der Waals surface area contributed by atoms with Crippen LogP contribution in [0.25, 0.3) is 0 Å². The largest absolute Gasteiger partial charge is 0.465 e. The number of carbonyl (C=O) groups excluding carboxylic acids is 1. The molecule has 23 heavy (non-hydrogen) atoms. The second kappa shape index (κ2) is 7.18. The highest BCUT2D eigenvalue weighted by atomic mass is 16.5. The molecule has 0 aromatic heterocycles. The van der Waals surface area contributed by atoms with E-state index in [0.29, 0.717) is 17.6 Å². The van der Waals surface area contributed by atoms with Gasteiger partial charge in [-0.15, -0.1) is 0 Å². The van der Waals surface area contributed by atoms with Crippen molar-refractivity contribution in [2.75, 3.05) is 31.6 Å². The molecule has 1 saturated heterocycles. The van der Waals surface area contributed by atoms with E-state index in [0.717, 1.165) is 19.6 Å². The number of piperazine rings is 1. The first-order chi connectivity index (χ1) is 11.2. The summed E-state index contributed by atoms with van der Waals surface area (Å²) >= 11 is 0. The van der Waals surface area contributed by atoms with Crippen LogP contribution in [0.4, 0.5) is 5.69 Å². The molecular weight excluding hydrogens is 288 g/mol. The molecule has 2 unspecified atom stereocenters. The zero-order chi connectivity index (χ0) is 16.2. The SMILES string of the molecule is COC(=O)c1ccc(N2CCN(C3C=CCCC3)C(C)C2)cc1. The third-order valence-corrected chi connectivity index (χ3v) is 4.99. The summed E-state index contributed by atoms with van der Waals surface area (Å²) in [5, 5.41) is 0. The molecule has 0 amide bonds. The lowest BCUT2D eigenvalue weighted by Crippen LogP contribution is -2.55. The fraction of sp³-hybridized carbons (Fsp3) is 0.526. The normalized spacial score (nSPS) is 25.4. The Morgan fingerprint density at radius 3 is 2.61 bits per heavy atom. The monoisotopic (exact) mass is 314 g/mol. The summed E-state index contributed by atoms with van der Waals surface area (Å²) in [7, 11) is 1.41. The van der Waals surface area contributed by atoms with Gasteiger partial charge in [-0.3, -0.25) is 4.90 Å². The third-order valence-electron chi connectivity index (χ3n) is 4.99. The number of hydrogen-bond donors (Lipinski definition) is 0. The average molecular weight is 314 g/mol. The number of rotatable bonds is 3. The van der Waals surface area contributed by atoms with Gasteiger partial charge in [0.05, 0.1) is 12.7 Å². The van der Waals surface area contributed by atoms with Crippen molar-refractivity contribution in [1.29, 1.82) is 0 Å². The Bertz CT molecular complexity index is 567. The number of benzene rings is 1. The number of methoxy groups -OCH3 is 1. The van der Waals surface area contributed by atoms with Crippen LogP contribution in [-0.4, -0.2) is 49.7 Å². The minimum absolute atomic E-state index is 0.279. The van der Waals surface area contributed by atoms with E-state index in [1.807, 2.05) is 24.3 Å². The Labute approximate surface area is 138 Å².